The summed E-state index contributed by atoms with van der Waals surface area (Å²) in [5.74, 6) is 0.625. The molecule has 3 N–H and O–H groups in total. The molecule has 0 unspecified atom stereocenters. The zero-order valence-corrected chi connectivity index (χ0v) is 8.75. The van der Waals surface area contributed by atoms with Crippen LogP contribution in [-0.2, 0) is 4.79 Å². The Bertz CT molecular complexity index is 179. The Balaban J connectivity index is 1.93. The minimum Gasteiger partial charge on any atom is -0.393 e. The van der Waals surface area contributed by atoms with Gasteiger partial charge < -0.3 is 15.7 Å². The maximum absolute atomic E-state index is 11.2. The summed E-state index contributed by atoms with van der Waals surface area (Å²) in [6, 6.07) is 0. The van der Waals surface area contributed by atoms with Crippen molar-refractivity contribution in [1.82, 2.24) is 10.6 Å². The van der Waals surface area contributed by atoms with E-state index < -0.39 is 0 Å². The third-order valence-corrected chi connectivity index (χ3v) is 2.63. The number of nitrogens with one attached hydrogen (secondary N) is 2. The van der Waals surface area contributed by atoms with Crippen molar-refractivity contribution in [2.24, 2.45) is 5.92 Å². The van der Waals surface area contributed by atoms with Crippen LogP contribution in [0.3, 0.4) is 0 Å². The molecule has 0 saturated heterocycles. The molecule has 0 aromatic heterocycles. The average Bonchev–Trinajstić information content (AvgIpc) is 2.11. The van der Waals surface area contributed by atoms with Crippen molar-refractivity contribution >= 4 is 5.91 Å². The molecule has 0 heterocycles. The highest BCUT2D eigenvalue weighted by Gasteiger charge is 2.26. The van der Waals surface area contributed by atoms with Crippen LogP contribution in [0.1, 0.15) is 25.7 Å². The van der Waals surface area contributed by atoms with Crippen molar-refractivity contribution in [2.45, 2.75) is 31.8 Å². The van der Waals surface area contributed by atoms with E-state index in [1.165, 1.54) is 0 Å². The number of aliphatic hydroxyl groups excluding tert-OH is 1. The van der Waals surface area contributed by atoms with Crippen LogP contribution in [0.4, 0.5) is 0 Å². The van der Waals surface area contributed by atoms with Gasteiger partial charge >= 0.3 is 0 Å². The van der Waals surface area contributed by atoms with Crippen LogP contribution in [0.5, 0.6) is 0 Å². The largest absolute Gasteiger partial charge is 0.393 e. The van der Waals surface area contributed by atoms with Crippen LogP contribution in [0.25, 0.3) is 0 Å². The molecule has 0 aromatic carbocycles. The maximum Gasteiger partial charge on any atom is 0.220 e. The van der Waals surface area contributed by atoms with Gasteiger partial charge in [-0.3, -0.25) is 4.79 Å². The second-order valence-electron chi connectivity index (χ2n) is 4.00. The lowest BCUT2D eigenvalue weighted by Gasteiger charge is -2.31. The predicted molar refractivity (Wildman–Crippen MR) is 54.9 cm³/mol. The van der Waals surface area contributed by atoms with Gasteiger partial charge in [-0.2, -0.15) is 0 Å². The second-order valence-corrected chi connectivity index (χ2v) is 4.00. The third kappa shape index (κ3) is 4.07. The molecule has 1 aliphatic carbocycles. The van der Waals surface area contributed by atoms with Gasteiger partial charge in [0.05, 0.1) is 6.10 Å². The summed E-state index contributed by atoms with van der Waals surface area (Å²) < 4.78 is 0. The van der Waals surface area contributed by atoms with E-state index in [9.17, 15) is 4.79 Å². The van der Waals surface area contributed by atoms with Gasteiger partial charge in [-0.15, -0.1) is 0 Å². The first-order chi connectivity index (χ1) is 6.72. The molecule has 0 aliphatic heterocycles. The highest BCUT2D eigenvalue weighted by molar-refractivity contribution is 5.75. The van der Waals surface area contributed by atoms with Gasteiger partial charge in [0.15, 0.2) is 0 Å². The van der Waals surface area contributed by atoms with Crippen LogP contribution in [0.15, 0.2) is 0 Å². The van der Waals surface area contributed by atoms with Gasteiger partial charge in [-0.25, -0.2) is 0 Å². The molecule has 82 valence electrons. The maximum atomic E-state index is 11.2. The molecule has 1 rings (SSSR count). The van der Waals surface area contributed by atoms with E-state index in [-0.39, 0.29) is 12.0 Å². The van der Waals surface area contributed by atoms with Gasteiger partial charge in [0.1, 0.15) is 0 Å². The number of amides is 1. The molecule has 4 heteroatoms. The Morgan fingerprint density at radius 1 is 1.50 bits per heavy atom. The van der Waals surface area contributed by atoms with Gasteiger partial charge in [0.25, 0.3) is 0 Å². The normalized spacial score (nSPS) is 25.6. The van der Waals surface area contributed by atoms with Crippen molar-refractivity contribution in [3.63, 3.8) is 0 Å². The monoisotopic (exact) mass is 200 g/mol. The minimum atomic E-state index is -0.124. The van der Waals surface area contributed by atoms with Gasteiger partial charge in [0, 0.05) is 13.0 Å². The Morgan fingerprint density at radius 2 is 2.21 bits per heavy atom. The minimum absolute atomic E-state index is 0.124. The van der Waals surface area contributed by atoms with E-state index >= 15 is 0 Å². The lowest BCUT2D eigenvalue weighted by molar-refractivity contribution is -0.121. The lowest BCUT2D eigenvalue weighted by atomic mass is 9.82. The predicted octanol–water partition coefficient (Wildman–Crippen LogP) is -0.127. The fourth-order valence-corrected chi connectivity index (χ4v) is 1.64. The van der Waals surface area contributed by atoms with E-state index in [0.29, 0.717) is 12.3 Å². The molecule has 1 fully saturated rings. The molecule has 0 bridgehead atoms. The van der Waals surface area contributed by atoms with Crippen LogP contribution >= 0.6 is 0 Å². The lowest BCUT2D eigenvalue weighted by Crippen LogP contribution is -2.38. The van der Waals surface area contributed by atoms with Crippen LogP contribution in [0.2, 0.25) is 0 Å². The Labute approximate surface area is 85.1 Å². The fourth-order valence-electron chi connectivity index (χ4n) is 1.64. The van der Waals surface area contributed by atoms with E-state index in [2.05, 4.69) is 10.6 Å². The molecule has 0 radical (unpaired) electrons. The second kappa shape index (κ2) is 5.98. The molecule has 0 atom stereocenters. The Morgan fingerprint density at radius 3 is 2.79 bits per heavy atom. The highest BCUT2D eigenvalue weighted by atomic mass is 16.3. The number of hydrogen-bond donors (Lipinski definition) is 3. The molecule has 14 heavy (non-hydrogen) atoms. The standard InChI is InChI=1S/C10H20N2O2/c1-11-4-2-3-10(14)12-7-8-5-9(13)6-8/h8-9,11,13H,2-7H2,1H3,(H,12,14). The van der Waals surface area contributed by atoms with Gasteiger partial charge in [-0.05, 0) is 38.8 Å². The summed E-state index contributed by atoms with van der Waals surface area (Å²) in [5, 5.41) is 14.9. The van der Waals surface area contributed by atoms with E-state index in [1.807, 2.05) is 7.05 Å². The third-order valence-electron chi connectivity index (χ3n) is 2.63. The summed E-state index contributed by atoms with van der Waals surface area (Å²) in [4.78, 5) is 11.2. The zero-order chi connectivity index (χ0) is 10.4. The first-order valence-corrected chi connectivity index (χ1v) is 5.31. The number of rotatable bonds is 6. The van der Waals surface area contributed by atoms with E-state index in [4.69, 9.17) is 5.11 Å². The van der Waals surface area contributed by atoms with Crippen LogP contribution in [-0.4, -0.2) is 37.3 Å². The molecule has 4 nitrogen and oxygen atoms in total. The smallest absolute Gasteiger partial charge is 0.220 e. The van der Waals surface area contributed by atoms with Crippen LogP contribution < -0.4 is 10.6 Å². The summed E-state index contributed by atoms with van der Waals surface area (Å²) >= 11 is 0. The molecule has 0 spiro atoms. The molecular formula is C10H20N2O2. The highest BCUT2D eigenvalue weighted by Crippen LogP contribution is 2.25. The SMILES string of the molecule is CNCCCC(=O)NCC1CC(O)C1. The quantitative estimate of drug-likeness (QED) is 0.524. The fraction of sp³-hybridized carbons (Fsp3) is 0.900. The molecule has 0 aromatic rings. The Kier molecular flexibility index (Phi) is 4.90. The summed E-state index contributed by atoms with van der Waals surface area (Å²) in [6.07, 6.45) is 3.04. The molecular weight excluding hydrogens is 180 g/mol. The van der Waals surface area contributed by atoms with E-state index in [1.54, 1.807) is 0 Å². The topological polar surface area (TPSA) is 61.4 Å². The van der Waals surface area contributed by atoms with Crippen molar-refractivity contribution in [2.75, 3.05) is 20.1 Å². The first-order valence-electron chi connectivity index (χ1n) is 5.31. The summed E-state index contributed by atoms with van der Waals surface area (Å²) in [7, 11) is 1.88. The van der Waals surface area contributed by atoms with Gasteiger partial charge in [-0.1, -0.05) is 0 Å². The number of hydrogen-bond acceptors (Lipinski definition) is 3. The van der Waals surface area contributed by atoms with Crippen molar-refractivity contribution in [1.29, 1.82) is 0 Å². The average molecular weight is 200 g/mol. The van der Waals surface area contributed by atoms with Gasteiger partial charge in [0.2, 0.25) is 5.91 Å². The van der Waals surface area contributed by atoms with Crippen molar-refractivity contribution in [3.05, 3.63) is 0 Å². The number of aliphatic hydroxyl groups is 1. The number of carbonyl (C=O) groups is 1. The Hall–Kier alpha value is -0.610. The first kappa shape index (κ1) is 11.5. The van der Waals surface area contributed by atoms with Crippen molar-refractivity contribution in [3.8, 4) is 0 Å². The summed E-state index contributed by atoms with van der Waals surface area (Å²) in [5.41, 5.74) is 0. The molecule has 1 aliphatic rings. The molecule has 1 amide bonds. The number of carbonyl (C=O) groups excluding carboxylic acids is 1. The molecule has 1 saturated carbocycles. The summed E-state index contributed by atoms with van der Waals surface area (Å²) in [6.45, 7) is 1.62. The van der Waals surface area contributed by atoms with Crippen molar-refractivity contribution < 1.29 is 9.90 Å². The van der Waals surface area contributed by atoms with Crippen LogP contribution in [0, 0.1) is 5.92 Å². The van der Waals surface area contributed by atoms with E-state index in [0.717, 1.165) is 32.4 Å². The zero-order valence-electron chi connectivity index (χ0n) is 8.75.